The number of phenolic OH excluding ortho intramolecular Hbond substituents is 1. The fourth-order valence-corrected chi connectivity index (χ4v) is 8.92. The largest absolute Gasteiger partial charge is 0.508 e. The average Bonchev–Trinajstić information content (AvgIpc) is 3.54. The molecule has 3 atom stereocenters. The second kappa shape index (κ2) is 14.7. The van der Waals surface area contributed by atoms with Crippen molar-refractivity contribution in [1.82, 2.24) is 30.5 Å². The number of nitrogens with one attached hydrogen (secondary N) is 2. The van der Waals surface area contributed by atoms with Crippen LogP contribution in [0.1, 0.15) is 61.1 Å². The van der Waals surface area contributed by atoms with Gasteiger partial charge in [0.25, 0.3) is 0 Å². The molecule has 0 aliphatic carbocycles. The lowest BCUT2D eigenvalue weighted by molar-refractivity contribution is -0.134. The van der Waals surface area contributed by atoms with E-state index in [0.717, 1.165) is 56.4 Å². The number of piperidine rings is 2. The molecule has 4 fully saturated rings. The first kappa shape index (κ1) is 36.0. The normalized spacial score (nSPS) is 21.7. The maximum absolute atomic E-state index is 16.9. The number of hydrogen-bond donors (Lipinski definition) is 3. The SMILES string of the molecule is C#Cc1c(F)ccc2cc(O)cc(-c3ncc4c(N5C[C@H]6CC[C@@H](C5)N6)nc(OCC5CCN(Cc6cccc(C7CCC(=O)NC7=O)c6)CC5)nc4c3F)c12. The number of amides is 2. The molecule has 9 rings (SSSR count). The first-order valence-corrected chi connectivity index (χ1v) is 19.3. The highest BCUT2D eigenvalue weighted by atomic mass is 19.1. The van der Waals surface area contributed by atoms with Gasteiger partial charge >= 0.3 is 6.01 Å². The summed E-state index contributed by atoms with van der Waals surface area (Å²) >= 11 is 0. The van der Waals surface area contributed by atoms with E-state index in [1.165, 1.54) is 30.5 Å². The van der Waals surface area contributed by atoms with Crippen LogP contribution in [0.5, 0.6) is 11.8 Å². The van der Waals surface area contributed by atoms with Gasteiger partial charge in [0.15, 0.2) is 5.82 Å². The van der Waals surface area contributed by atoms with Gasteiger partial charge in [0.1, 0.15) is 28.6 Å². The van der Waals surface area contributed by atoms with E-state index < -0.39 is 11.6 Å². The number of terminal acetylenes is 1. The second-order valence-electron chi connectivity index (χ2n) is 15.5. The van der Waals surface area contributed by atoms with Gasteiger partial charge < -0.3 is 20.1 Å². The molecular weight excluding hydrogens is 717 g/mol. The standard InChI is InChI=1S/C43H41F2N7O4/c1-2-31-35(44)10-6-27-17-30(53)18-33(37(27)31)39-38(45)40-34(19-46-39)41(52-21-28-7-8-29(22-52)47-28)50-43(49-40)56-23-24-12-14-51(15-13-24)20-25-4-3-5-26(16-25)32-9-11-36(54)48-42(32)55/h1,3-6,10,16-19,24,28-29,32,47,53H,7-9,11-15,20-23H2,(H,48,54,55)/t28-,29+,32?. The van der Waals surface area contributed by atoms with E-state index >= 15 is 4.39 Å². The van der Waals surface area contributed by atoms with Gasteiger partial charge in [0, 0.05) is 55.3 Å². The number of rotatable bonds is 8. The number of aromatic hydroxyl groups is 1. The number of fused-ring (bicyclic) bond motifs is 4. The van der Waals surface area contributed by atoms with Crippen LogP contribution in [0, 0.1) is 29.9 Å². The first-order valence-electron chi connectivity index (χ1n) is 19.3. The van der Waals surface area contributed by atoms with E-state index in [2.05, 4.69) is 48.5 Å². The minimum atomic E-state index is -0.747. The highest BCUT2D eigenvalue weighted by Crippen LogP contribution is 2.39. The van der Waals surface area contributed by atoms with Gasteiger partial charge in [-0.15, -0.1) is 6.42 Å². The number of likely N-dealkylation sites (tertiary alicyclic amines) is 1. The Kier molecular flexibility index (Phi) is 9.47. The first-order chi connectivity index (χ1) is 27.2. The van der Waals surface area contributed by atoms with Crippen LogP contribution in [0.2, 0.25) is 0 Å². The third-order valence-corrected chi connectivity index (χ3v) is 11.8. The Balaban J connectivity index is 0.961. The Labute approximate surface area is 322 Å². The summed E-state index contributed by atoms with van der Waals surface area (Å²) in [5.41, 5.74) is 2.06. The smallest absolute Gasteiger partial charge is 0.319 e. The molecular formula is C43H41F2N7O4. The number of halogens is 2. The van der Waals surface area contributed by atoms with Crippen molar-refractivity contribution in [3.63, 3.8) is 0 Å². The van der Waals surface area contributed by atoms with Crippen molar-refractivity contribution < 1.29 is 28.2 Å². The summed E-state index contributed by atoms with van der Waals surface area (Å²) in [7, 11) is 0. The molecule has 4 aliphatic rings. The Morgan fingerprint density at radius 3 is 2.55 bits per heavy atom. The third-order valence-electron chi connectivity index (χ3n) is 11.8. The van der Waals surface area contributed by atoms with Crippen molar-refractivity contribution in [1.29, 1.82) is 0 Å². The van der Waals surface area contributed by atoms with Gasteiger partial charge in [-0.25, -0.2) is 8.78 Å². The number of carbonyl (C=O) groups is 2. The molecule has 13 heteroatoms. The van der Waals surface area contributed by atoms with Crippen molar-refractivity contribution in [2.75, 3.05) is 37.7 Å². The van der Waals surface area contributed by atoms with Gasteiger partial charge in [0.05, 0.1) is 23.5 Å². The molecule has 1 unspecified atom stereocenters. The highest BCUT2D eigenvalue weighted by Gasteiger charge is 2.35. The maximum atomic E-state index is 16.9. The van der Waals surface area contributed by atoms with E-state index in [9.17, 15) is 19.1 Å². The molecule has 2 aromatic heterocycles. The van der Waals surface area contributed by atoms with Crippen molar-refractivity contribution in [3.8, 4) is 35.4 Å². The fraction of sp³-hybridized carbons (Fsp3) is 0.372. The lowest BCUT2D eigenvalue weighted by Gasteiger charge is -2.34. The molecule has 286 valence electrons. The average molecular weight is 758 g/mol. The van der Waals surface area contributed by atoms with Crippen LogP contribution in [0.15, 0.2) is 54.7 Å². The monoisotopic (exact) mass is 757 g/mol. The second-order valence-corrected chi connectivity index (χ2v) is 15.5. The van der Waals surface area contributed by atoms with E-state index in [1.807, 2.05) is 12.1 Å². The zero-order valence-electron chi connectivity index (χ0n) is 30.7. The summed E-state index contributed by atoms with van der Waals surface area (Å²) in [6.07, 6.45) is 12.0. The molecule has 0 saturated carbocycles. The van der Waals surface area contributed by atoms with Crippen LogP contribution in [0.4, 0.5) is 14.6 Å². The number of benzene rings is 3. The number of nitrogens with zero attached hydrogens (tertiary/aromatic N) is 5. The minimum Gasteiger partial charge on any atom is -0.508 e. The quantitative estimate of drug-likeness (QED) is 0.137. The van der Waals surface area contributed by atoms with Crippen LogP contribution in [0.3, 0.4) is 0 Å². The van der Waals surface area contributed by atoms with Gasteiger partial charge in [-0.3, -0.25) is 24.8 Å². The Morgan fingerprint density at radius 2 is 1.79 bits per heavy atom. The van der Waals surface area contributed by atoms with Crippen molar-refractivity contribution in [2.24, 2.45) is 5.92 Å². The molecule has 56 heavy (non-hydrogen) atoms. The van der Waals surface area contributed by atoms with E-state index in [1.54, 1.807) is 0 Å². The summed E-state index contributed by atoms with van der Waals surface area (Å²) in [6.45, 7) is 4.21. The lowest BCUT2D eigenvalue weighted by Crippen LogP contribution is -2.51. The zero-order valence-corrected chi connectivity index (χ0v) is 30.7. The molecule has 4 aliphatic heterocycles. The number of ether oxygens (including phenoxy) is 1. The van der Waals surface area contributed by atoms with Gasteiger partial charge in [0.2, 0.25) is 11.8 Å². The number of carbonyl (C=O) groups excluding carboxylic acids is 2. The molecule has 2 amide bonds. The summed E-state index contributed by atoms with van der Waals surface area (Å²) in [6, 6.07) is 14.2. The molecule has 3 N–H and O–H groups in total. The van der Waals surface area contributed by atoms with Crippen molar-refractivity contribution in [2.45, 2.75) is 63.1 Å². The van der Waals surface area contributed by atoms with Gasteiger partial charge in [-0.1, -0.05) is 36.3 Å². The molecule has 3 aromatic carbocycles. The molecule has 5 aromatic rings. The minimum absolute atomic E-state index is 0.0189. The number of pyridine rings is 1. The molecule has 2 bridgehead atoms. The van der Waals surface area contributed by atoms with Crippen LogP contribution in [-0.2, 0) is 16.1 Å². The Bertz CT molecular complexity index is 2420. The maximum Gasteiger partial charge on any atom is 0.319 e. The van der Waals surface area contributed by atoms with Crippen molar-refractivity contribution in [3.05, 3.63) is 83.1 Å². The number of hydrogen-bond acceptors (Lipinski definition) is 10. The van der Waals surface area contributed by atoms with Crippen molar-refractivity contribution >= 4 is 39.3 Å². The molecule has 6 heterocycles. The van der Waals surface area contributed by atoms with E-state index in [-0.39, 0.29) is 63.1 Å². The summed E-state index contributed by atoms with van der Waals surface area (Å²) in [4.78, 5) is 42.6. The number of aromatic nitrogens is 3. The van der Waals surface area contributed by atoms with E-state index in [0.29, 0.717) is 61.2 Å². The lowest BCUT2D eigenvalue weighted by atomic mass is 9.89. The summed E-state index contributed by atoms with van der Waals surface area (Å²) < 4.78 is 38.1. The Hall–Kier alpha value is -5.71. The predicted octanol–water partition coefficient (Wildman–Crippen LogP) is 5.56. The molecule has 0 radical (unpaired) electrons. The third kappa shape index (κ3) is 6.88. The zero-order chi connectivity index (χ0) is 38.5. The molecule has 0 spiro atoms. The van der Waals surface area contributed by atoms with Gasteiger partial charge in [-0.05, 0) is 85.8 Å². The highest BCUT2D eigenvalue weighted by molar-refractivity contribution is 6.03. The van der Waals surface area contributed by atoms with E-state index in [4.69, 9.17) is 16.1 Å². The van der Waals surface area contributed by atoms with Crippen LogP contribution >= 0.6 is 0 Å². The molecule has 11 nitrogen and oxygen atoms in total. The van der Waals surface area contributed by atoms with Crippen LogP contribution in [-0.4, -0.2) is 81.6 Å². The summed E-state index contributed by atoms with van der Waals surface area (Å²) in [5.74, 6) is 0.878. The number of phenols is 1. The Morgan fingerprint density at radius 1 is 0.982 bits per heavy atom. The van der Waals surface area contributed by atoms with Crippen LogP contribution < -0.4 is 20.3 Å². The molecule has 4 saturated heterocycles. The van der Waals surface area contributed by atoms with Gasteiger partial charge in [-0.2, -0.15) is 9.97 Å². The predicted molar refractivity (Wildman–Crippen MR) is 207 cm³/mol. The number of piperazine rings is 1. The number of imide groups is 1. The summed E-state index contributed by atoms with van der Waals surface area (Å²) in [5, 5.41) is 17.8. The topological polar surface area (TPSA) is 133 Å². The van der Waals surface area contributed by atoms with Crippen LogP contribution in [0.25, 0.3) is 32.9 Å². The fourth-order valence-electron chi connectivity index (χ4n) is 8.92. The number of anilines is 1.